The molecule has 0 aromatic heterocycles. The Bertz CT molecular complexity index is 1240. The number of hydrogen-bond acceptors (Lipinski definition) is 6. The van der Waals surface area contributed by atoms with Crippen molar-refractivity contribution >= 4 is 29.1 Å². The van der Waals surface area contributed by atoms with Gasteiger partial charge in [0.05, 0.1) is 30.8 Å². The highest BCUT2D eigenvalue weighted by atomic mass is 16.5. The molecule has 3 N–H and O–H groups in total. The summed E-state index contributed by atoms with van der Waals surface area (Å²) >= 11 is 0. The quantitative estimate of drug-likeness (QED) is 0.423. The molecule has 0 radical (unpaired) electrons. The van der Waals surface area contributed by atoms with Crippen molar-refractivity contribution < 1.29 is 24.2 Å². The molecule has 9 heteroatoms. The Morgan fingerprint density at radius 3 is 2.47 bits per heavy atom. The van der Waals surface area contributed by atoms with E-state index < -0.39 is 18.2 Å². The van der Waals surface area contributed by atoms with E-state index in [1.807, 2.05) is 72.8 Å². The van der Waals surface area contributed by atoms with Gasteiger partial charge in [0.1, 0.15) is 5.75 Å². The molecule has 1 atom stereocenters. The van der Waals surface area contributed by atoms with E-state index in [1.165, 1.54) is 0 Å². The number of hydrogen-bond donors (Lipinski definition) is 3. The van der Waals surface area contributed by atoms with Crippen LogP contribution in [0.3, 0.4) is 0 Å². The van der Waals surface area contributed by atoms with Gasteiger partial charge in [-0.1, -0.05) is 54.6 Å². The molecular formula is C27H28N4O5. The maximum Gasteiger partial charge on any atom is 0.406 e. The number of para-hydroxylation sites is 1. The van der Waals surface area contributed by atoms with Gasteiger partial charge in [0, 0.05) is 31.3 Å². The number of methoxy groups -OCH3 is 2. The third-order valence-corrected chi connectivity index (χ3v) is 5.80. The third-order valence-electron chi connectivity index (χ3n) is 5.80. The molecule has 1 aliphatic heterocycles. The molecule has 4 rings (SSSR count). The van der Waals surface area contributed by atoms with Gasteiger partial charge in [0.25, 0.3) is 5.91 Å². The van der Waals surface area contributed by atoms with Crippen LogP contribution in [-0.4, -0.2) is 56.4 Å². The number of aliphatic imine (C=N–C) groups is 1. The van der Waals surface area contributed by atoms with Crippen LogP contribution >= 0.6 is 0 Å². The molecular weight excluding hydrogens is 460 g/mol. The van der Waals surface area contributed by atoms with E-state index in [0.29, 0.717) is 36.7 Å². The average molecular weight is 489 g/mol. The van der Waals surface area contributed by atoms with Gasteiger partial charge in [0.15, 0.2) is 0 Å². The molecule has 0 spiro atoms. The first-order valence-electron chi connectivity index (χ1n) is 11.4. The molecule has 0 saturated carbocycles. The van der Waals surface area contributed by atoms with Crippen molar-refractivity contribution in [3.8, 4) is 5.75 Å². The van der Waals surface area contributed by atoms with Gasteiger partial charge in [-0.05, 0) is 23.8 Å². The second kappa shape index (κ2) is 11.4. The second-order valence-corrected chi connectivity index (χ2v) is 8.15. The number of ether oxygens (including phenoxy) is 2. The number of rotatable bonds is 9. The lowest BCUT2D eigenvalue weighted by atomic mass is 9.99. The number of nitrogens with one attached hydrogen (secondary N) is 2. The summed E-state index contributed by atoms with van der Waals surface area (Å²) in [7, 11) is 3.27. The van der Waals surface area contributed by atoms with Crippen molar-refractivity contribution in [2.45, 2.75) is 12.7 Å². The summed E-state index contributed by atoms with van der Waals surface area (Å²) in [5, 5.41) is 14.4. The molecule has 1 heterocycles. The Hall–Kier alpha value is -4.37. The van der Waals surface area contributed by atoms with Gasteiger partial charge in [-0.3, -0.25) is 10.1 Å². The molecule has 0 aliphatic carbocycles. The number of anilines is 2. The van der Waals surface area contributed by atoms with Crippen molar-refractivity contribution in [2.75, 3.05) is 37.6 Å². The lowest BCUT2D eigenvalue weighted by molar-refractivity contribution is -0.117. The highest BCUT2D eigenvalue weighted by Gasteiger charge is 2.29. The summed E-state index contributed by atoms with van der Waals surface area (Å²) in [4.78, 5) is 31.1. The number of fused-ring (bicyclic) bond motifs is 1. The molecule has 0 saturated heterocycles. The predicted octanol–water partition coefficient (Wildman–Crippen LogP) is 3.73. The molecule has 0 fully saturated rings. The van der Waals surface area contributed by atoms with E-state index >= 15 is 0 Å². The van der Waals surface area contributed by atoms with Gasteiger partial charge in [-0.2, -0.15) is 0 Å². The lowest BCUT2D eigenvalue weighted by Crippen LogP contribution is -2.41. The number of carbonyl (C=O) groups excluding carboxylic acids is 1. The number of benzodiazepines with no additional fused rings is 1. The first-order valence-corrected chi connectivity index (χ1v) is 11.4. The largest absolute Gasteiger partial charge is 0.497 e. The highest BCUT2D eigenvalue weighted by Crippen LogP contribution is 2.34. The van der Waals surface area contributed by atoms with E-state index in [9.17, 15) is 14.7 Å². The van der Waals surface area contributed by atoms with Crippen molar-refractivity contribution in [1.29, 1.82) is 0 Å². The summed E-state index contributed by atoms with van der Waals surface area (Å²) in [6.45, 7) is 1.58. The molecule has 0 bridgehead atoms. The Kier molecular flexibility index (Phi) is 7.82. The summed E-state index contributed by atoms with van der Waals surface area (Å²) in [6.07, 6.45) is -2.63. The van der Waals surface area contributed by atoms with Crippen LogP contribution < -0.4 is 20.3 Å². The van der Waals surface area contributed by atoms with Crippen LogP contribution in [-0.2, 0) is 16.1 Å². The zero-order chi connectivity index (χ0) is 25.5. The van der Waals surface area contributed by atoms with E-state index in [0.717, 1.165) is 22.6 Å². The molecule has 1 aliphatic rings. The second-order valence-electron chi connectivity index (χ2n) is 8.15. The Morgan fingerprint density at radius 2 is 1.81 bits per heavy atom. The SMILES string of the molecule is COCCN(Cc1ccc(OC)cc1)c1cccc2c1NC(=O)C(NC(=O)O)N=C2c1ccccc1. The summed E-state index contributed by atoms with van der Waals surface area (Å²) < 4.78 is 10.6. The van der Waals surface area contributed by atoms with E-state index in [2.05, 4.69) is 20.5 Å². The number of benzene rings is 3. The fraction of sp³-hybridized carbons (Fsp3) is 0.222. The molecule has 2 amide bonds. The van der Waals surface area contributed by atoms with Crippen LogP contribution in [0.1, 0.15) is 16.7 Å². The summed E-state index contributed by atoms with van der Waals surface area (Å²) in [6, 6.07) is 22.9. The van der Waals surface area contributed by atoms with Gasteiger partial charge in [-0.25, -0.2) is 9.79 Å². The minimum Gasteiger partial charge on any atom is -0.497 e. The van der Waals surface area contributed by atoms with Crippen LogP contribution in [0, 0.1) is 0 Å². The van der Waals surface area contributed by atoms with Crippen LogP contribution in [0.4, 0.5) is 16.2 Å². The van der Waals surface area contributed by atoms with Crippen LogP contribution in [0.2, 0.25) is 0 Å². The Labute approximate surface area is 209 Å². The lowest BCUT2D eigenvalue weighted by Gasteiger charge is -2.28. The topological polar surface area (TPSA) is 112 Å². The zero-order valence-corrected chi connectivity index (χ0v) is 20.1. The van der Waals surface area contributed by atoms with Crippen LogP contribution in [0.5, 0.6) is 5.75 Å². The first kappa shape index (κ1) is 24.7. The summed E-state index contributed by atoms with van der Waals surface area (Å²) in [5.41, 5.74) is 4.35. The number of carbonyl (C=O) groups is 2. The Balaban J connectivity index is 1.80. The highest BCUT2D eigenvalue weighted by molar-refractivity contribution is 6.21. The maximum absolute atomic E-state index is 13.1. The smallest absolute Gasteiger partial charge is 0.406 e. The van der Waals surface area contributed by atoms with E-state index in [4.69, 9.17) is 9.47 Å². The molecule has 3 aromatic rings. The van der Waals surface area contributed by atoms with E-state index in [-0.39, 0.29) is 0 Å². The monoisotopic (exact) mass is 488 g/mol. The minimum atomic E-state index is -1.33. The van der Waals surface area contributed by atoms with Gasteiger partial charge in [0.2, 0.25) is 6.17 Å². The van der Waals surface area contributed by atoms with Crippen LogP contribution in [0.25, 0.3) is 0 Å². The maximum atomic E-state index is 13.1. The normalized spacial score (nSPS) is 14.7. The van der Waals surface area contributed by atoms with Crippen molar-refractivity contribution in [2.24, 2.45) is 4.99 Å². The van der Waals surface area contributed by atoms with Crippen molar-refractivity contribution in [1.82, 2.24) is 5.32 Å². The Morgan fingerprint density at radius 1 is 1.06 bits per heavy atom. The zero-order valence-electron chi connectivity index (χ0n) is 20.1. The van der Waals surface area contributed by atoms with Crippen molar-refractivity contribution in [3.05, 3.63) is 89.5 Å². The standard InChI is InChI=1S/C27H28N4O5/c1-35-16-15-31(17-18-11-13-20(36-2)14-12-18)22-10-6-9-21-23(19-7-4-3-5-8-19)28-25(30-27(33)34)26(32)29-24(21)22/h3-14,25,30H,15-17H2,1-2H3,(H,29,32)(H,33,34). The van der Waals surface area contributed by atoms with Gasteiger partial charge >= 0.3 is 6.09 Å². The fourth-order valence-electron chi connectivity index (χ4n) is 4.06. The molecule has 186 valence electrons. The average Bonchev–Trinajstić information content (AvgIpc) is 3.03. The number of nitrogens with zero attached hydrogens (tertiary/aromatic N) is 2. The summed E-state index contributed by atoms with van der Waals surface area (Å²) in [5.74, 6) is 0.205. The fourth-order valence-corrected chi connectivity index (χ4v) is 4.06. The first-order chi connectivity index (χ1) is 17.5. The van der Waals surface area contributed by atoms with Gasteiger partial charge in [-0.15, -0.1) is 0 Å². The van der Waals surface area contributed by atoms with Crippen LogP contribution in [0.15, 0.2) is 77.8 Å². The molecule has 1 unspecified atom stereocenters. The number of amides is 2. The third kappa shape index (κ3) is 5.64. The number of carboxylic acid groups (broad SMARTS) is 1. The molecule has 9 nitrogen and oxygen atoms in total. The molecule has 3 aromatic carbocycles. The predicted molar refractivity (Wildman–Crippen MR) is 138 cm³/mol. The minimum absolute atomic E-state index is 0.469. The van der Waals surface area contributed by atoms with Gasteiger partial charge < -0.3 is 24.8 Å². The van der Waals surface area contributed by atoms with E-state index in [1.54, 1.807) is 14.2 Å². The molecule has 36 heavy (non-hydrogen) atoms. The van der Waals surface area contributed by atoms with Crippen molar-refractivity contribution in [3.63, 3.8) is 0 Å².